The largest absolute Gasteiger partial charge is 0.494 e. The average molecular weight is 615 g/mol. The quantitative estimate of drug-likeness (QED) is 0.110. The van der Waals surface area contributed by atoms with Gasteiger partial charge >= 0.3 is 5.97 Å². The van der Waals surface area contributed by atoms with E-state index in [1.165, 1.54) is 13.3 Å². The lowest BCUT2D eigenvalue weighted by atomic mass is 10.2. The summed E-state index contributed by atoms with van der Waals surface area (Å²) < 4.78 is 17.1. The van der Waals surface area contributed by atoms with Gasteiger partial charge in [-0.1, -0.05) is 19.1 Å². The van der Waals surface area contributed by atoms with Gasteiger partial charge in [-0.25, -0.2) is 10.2 Å². The number of nitrogens with zero attached hydrogens (tertiary/aromatic N) is 1. The molecule has 9 nitrogen and oxygen atoms in total. The van der Waals surface area contributed by atoms with E-state index in [9.17, 15) is 14.4 Å². The van der Waals surface area contributed by atoms with Crippen LogP contribution in [0.2, 0.25) is 0 Å². The van der Waals surface area contributed by atoms with Crippen molar-refractivity contribution in [2.24, 2.45) is 5.10 Å². The number of carbonyl (C=O) groups excluding carboxylic acids is 3. The second-order valence-electron chi connectivity index (χ2n) is 7.63. The van der Waals surface area contributed by atoms with Gasteiger partial charge in [-0.05, 0) is 89.2 Å². The lowest BCUT2D eigenvalue weighted by Crippen LogP contribution is -2.35. The molecule has 0 aliphatic rings. The topological polar surface area (TPSA) is 115 Å². The first-order chi connectivity index (χ1) is 17.9. The van der Waals surface area contributed by atoms with Crippen LogP contribution in [-0.4, -0.2) is 44.3 Å². The zero-order valence-electron chi connectivity index (χ0n) is 20.3. The fraction of sp³-hybridized carbons (Fsp3) is 0.185. The zero-order valence-corrected chi connectivity index (χ0v) is 22.5. The first kappa shape index (κ1) is 27.7. The van der Waals surface area contributed by atoms with Crippen LogP contribution >= 0.6 is 22.6 Å². The van der Waals surface area contributed by atoms with Crippen LogP contribution in [0.4, 0.5) is 0 Å². The number of hydrazone groups is 1. The van der Waals surface area contributed by atoms with Gasteiger partial charge in [0.05, 0.1) is 37.6 Å². The number of esters is 1. The molecular weight excluding hydrogens is 589 g/mol. The number of carbonyl (C=O) groups is 3. The number of hydrogen-bond acceptors (Lipinski definition) is 7. The van der Waals surface area contributed by atoms with Crippen LogP contribution in [0.15, 0.2) is 71.8 Å². The standard InChI is InChI=1S/C27H26IN3O6/c1-3-14-36-20-11-9-19(10-12-20)27(34)37-23-13-8-18(15-24(23)35-2)16-30-31-25(32)17-29-26(33)21-6-4-5-7-22(21)28/h4-13,15-16H,3,14,17H2,1-2H3,(H,29,33)(H,31,32)/b30-16+. The van der Waals surface area contributed by atoms with Crippen LogP contribution in [0.1, 0.15) is 39.6 Å². The van der Waals surface area contributed by atoms with Gasteiger partial charge in [0.2, 0.25) is 0 Å². The molecule has 0 heterocycles. The Morgan fingerprint density at radius 3 is 2.46 bits per heavy atom. The third-order valence-electron chi connectivity index (χ3n) is 4.88. The Bertz CT molecular complexity index is 1280. The van der Waals surface area contributed by atoms with Crippen LogP contribution in [0.25, 0.3) is 0 Å². The number of nitrogens with one attached hydrogen (secondary N) is 2. The maximum atomic E-state index is 12.5. The van der Waals surface area contributed by atoms with Gasteiger partial charge in [0.15, 0.2) is 11.5 Å². The van der Waals surface area contributed by atoms with Crippen LogP contribution < -0.4 is 25.0 Å². The smallest absolute Gasteiger partial charge is 0.343 e. The lowest BCUT2D eigenvalue weighted by Gasteiger charge is -2.10. The molecule has 0 saturated heterocycles. The number of benzene rings is 3. The molecule has 3 rings (SSSR count). The third kappa shape index (κ3) is 8.31. The van der Waals surface area contributed by atoms with Crippen molar-refractivity contribution in [3.05, 3.63) is 87.0 Å². The van der Waals surface area contributed by atoms with Crippen LogP contribution in [0, 0.1) is 3.57 Å². The molecule has 0 saturated carbocycles. The summed E-state index contributed by atoms with van der Waals surface area (Å²) >= 11 is 2.06. The highest BCUT2D eigenvalue weighted by atomic mass is 127. The number of ether oxygens (including phenoxy) is 3. The maximum Gasteiger partial charge on any atom is 0.343 e. The Labute approximate surface area is 228 Å². The molecule has 0 radical (unpaired) electrons. The second-order valence-corrected chi connectivity index (χ2v) is 8.79. The molecule has 2 amide bonds. The number of hydrogen-bond donors (Lipinski definition) is 2. The highest BCUT2D eigenvalue weighted by Crippen LogP contribution is 2.28. The first-order valence-corrected chi connectivity index (χ1v) is 12.5. The molecule has 0 fully saturated rings. The van der Waals surface area contributed by atoms with Crippen molar-refractivity contribution in [2.45, 2.75) is 13.3 Å². The van der Waals surface area contributed by atoms with Gasteiger partial charge in [-0.15, -0.1) is 0 Å². The van der Waals surface area contributed by atoms with Crippen molar-refractivity contribution in [3.63, 3.8) is 0 Å². The SMILES string of the molecule is CCCOc1ccc(C(=O)Oc2ccc(/C=N/NC(=O)CNC(=O)c3ccccc3I)cc2OC)cc1. The average Bonchev–Trinajstić information content (AvgIpc) is 2.91. The molecule has 3 aromatic rings. The van der Waals surface area contributed by atoms with Crippen molar-refractivity contribution in [3.8, 4) is 17.2 Å². The molecular formula is C27H26IN3O6. The molecule has 0 atom stereocenters. The first-order valence-electron chi connectivity index (χ1n) is 11.4. The molecule has 0 bridgehead atoms. The summed E-state index contributed by atoms with van der Waals surface area (Å²) in [7, 11) is 1.45. The van der Waals surface area contributed by atoms with Gasteiger partial charge < -0.3 is 19.5 Å². The van der Waals surface area contributed by atoms with Gasteiger partial charge in [-0.3, -0.25) is 9.59 Å². The summed E-state index contributed by atoms with van der Waals surface area (Å²) in [6, 6.07) is 18.6. The Kier molecular flexibility index (Phi) is 10.4. The molecule has 0 aliphatic heterocycles. The number of rotatable bonds is 11. The molecule has 0 unspecified atom stereocenters. The predicted molar refractivity (Wildman–Crippen MR) is 147 cm³/mol. The molecule has 10 heteroatoms. The number of methoxy groups -OCH3 is 1. The molecule has 2 N–H and O–H groups in total. The third-order valence-corrected chi connectivity index (χ3v) is 5.82. The molecule has 0 aliphatic carbocycles. The van der Waals surface area contributed by atoms with Crippen LogP contribution in [0.5, 0.6) is 17.2 Å². The fourth-order valence-corrected chi connectivity index (χ4v) is 3.67. The van der Waals surface area contributed by atoms with E-state index in [0.29, 0.717) is 34.8 Å². The Balaban J connectivity index is 1.53. The van der Waals surface area contributed by atoms with E-state index in [2.05, 4.69) is 38.4 Å². The van der Waals surface area contributed by atoms with Gasteiger partial charge in [0.1, 0.15) is 5.75 Å². The summed E-state index contributed by atoms with van der Waals surface area (Å²) in [4.78, 5) is 36.8. The van der Waals surface area contributed by atoms with Gasteiger partial charge in [0, 0.05) is 3.57 Å². The van der Waals surface area contributed by atoms with Crippen molar-refractivity contribution in [1.82, 2.24) is 10.7 Å². The predicted octanol–water partition coefficient (Wildman–Crippen LogP) is 4.19. The maximum absolute atomic E-state index is 12.5. The van der Waals surface area contributed by atoms with E-state index in [0.717, 1.165) is 9.99 Å². The minimum atomic E-state index is -0.541. The van der Waals surface area contributed by atoms with E-state index < -0.39 is 11.9 Å². The van der Waals surface area contributed by atoms with E-state index in [-0.39, 0.29) is 18.2 Å². The lowest BCUT2D eigenvalue weighted by molar-refractivity contribution is -0.120. The van der Waals surface area contributed by atoms with Crippen molar-refractivity contribution in [2.75, 3.05) is 20.3 Å². The Morgan fingerprint density at radius 2 is 1.76 bits per heavy atom. The molecule has 0 aromatic heterocycles. The highest BCUT2D eigenvalue weighted by Gasteiger charge is 2.14. The zero-order chi connectivity index (χ0) is 26.6. The summed E-state index contributed by atoms with van der Waals surface area (Å²) in [6.45, 7) is 2.39. The van der Waals surface area contributed by atoms with Crippen molar-refractivity contribution in [1.29, 1.82) is 0 Å². The highest BCUT2D eigenvalue weighted by molar-refractivity contribution is 14.1. The van der Waals surface area contributed by atoms with E-state index in [1.54, 1.807) is 60.7 Å². The number of halogens is 1. The molecule has 192 valence electrons. The minimum Gasteiger partial charge on any atom is -0.494 e. The molecule has 3 aromatic carbocycles. The van der Waals surface area contributed by atoms with E-state index in [4.69, 9.17) is 14.2 Å². The minimum absolute atomic E-state index is 0.231. The monoisotopic (exact) mass is 615 g/mol. The fourth-order valence-electron chi connectivity index (χ4n) is 3.03. The summed E-state index contributed by atoms with van der Waals surface area (Å²) in [5.41, 5.74) is 3.81. The van der Waals surface area contributed by atoms with Crippen LogP contribution in [0.3, 0.4) is 0 Å². The van der Waals surface area contributed by atoms with Gasteiger partial charge in [-0.2, -0.15) is 5.10 Å². The van der Waals surface area contributed by atoms with Crippen molar-refractivity contribution < 1.29 is 28.6 Å². The Hall–Kier alpha value is -3.93. The van der Waals surface area contributed by atoms with Gasteiger partial charge in [0.25, 0.3) is 11.8 Å². The molecule has 37 heavy (non-hydrogen) atoms. The second kappa shape index (κ2) is 14.0. The Morgan fingerprint density at radius 1 is 1.00 bits per heavy atom. The molecule has 0 spiro atoms. The van der Waals surface area contributed by atoms with Crippen LogP contribution in [-0.2, 0) is 4.79 Å². The normalized spacial score (nSPS) is 10.6. The summed E-state index contributed by atoms with van der Waals surface area (Å²) in [5, 5.41) is 6.45. The number of amides is 2. The van der Waals surface area contributed by atoms with E-state index in [1.807, 2.05) is 13.0 Å². The summed E-state index contributed by atoms with van der Waals surface area (Å²) in [5.74, 6) is -0.144. The van der Waals surface area contributed by atoms with Crippen molar-refractivity contribution >= 4 is 46.6 Å². The summed E-state index contributed by atoms with van der Waals surface area (Å²) in [6.07, 6.45) is 2.30. The van der Waals surface area contributed by atoms with E-state index >= 15 is 0 Å².